The second-order valence-corrected chi connectivity index (χ2v) is 11.2. The Balaban J connectivity index is 1.32. The van der Waals surface area contributed by atoms with Gasteiger partial charge in [-0.05, 0) is 34.4 Å². The highest BCUT2D eigenvalue weighted by molar-refractivity contribution is 6.40. The highest BCUT2D eigenvalue weighted by Crippen LogP contribution is 2.48. The molecule has 10 rings (SSSR count). The number of para-hydroxylation sites is 1. The van der Waals surface area contributed by atoms with E-state index in [1.807, 2.05) is 78.9 Å². The molecule has 0 saturated carbocycles. The van der Waals surface area contributed by atoms with Crippen LogP contribution in [-0.2, 0) is 0 Å². The van der Waals surface area contributed by atoms with Crippen molar-refractivity contribution in [2.24, 2.45) is 0 Å². The fourth-order valence-corrected chi connectivity index (χ4v) is 6.75. The van der Waals surface area contributed by atoms with Crippen LogP contribution in [0.2, 0.25) is 0 Å². The smallest absolute Gasteiger partial charge is 0.164 e. The first-order chi connectivity index (χ1) is 21.8. The summed E-state index contributed by atoms with van der Waals surface area (Å²) in [5.74, 6) is 1.85. The second-order valence-electron chi connectivity index (χ2n) is 11.2. The molecule has 0 radical (unpaired) electrons. The van der Waals surface area contributed by atoms with Crippen molar-refractivity contribution < 1.29 is 8.83 Å². The van der Waals surface area contributed by atoms with Gasteiger partial charge in [0, 0.05) is 49.7 Å². The Morgan fingerprint density at radius 1 is 0.318 bits per heavy atom. The molecule has 0 N–H and O–H groups in total. The molecule has 10 aromatic rings. The first-order valence-corrected chi connectivity index (χ1v) is 14.6. The summed E-state index contributed by atoms with van der Waals surface area (Å²) in [6.45, 7) is 0. The molecule has 0 fully saturated rings. The van der Waals surface area contributed by atoms with Crippen LogP contribution in [0.3, 0.4) is 0 Å². The lowest BCUT2D eigenvalue weighted by Gasteiger charge is -2.11. The molecule has 0 saturated heterocycles. The third kappa shape index (κ3) is 3.26. The standard InChI is InChI=1S/C39H21N3O2/c1-3-11-22(12-4-1)37-40-38(23-13-5-2-6-14-23)42-39(41-37)24-19-28-25-15-7-8-16-26(25)35-33-27-17-9-10-18-29(27)43-31(33)21-32-36(35)34(28)30(20-24)44-32/h1-21H. The molecule has 5 heteroatoms. The van der Waals surface area contributed by atoms with Crippen molar-refractivity contribution in [3.8, 4) is 34.2 Å². The number of furan rings is 2. The topological polar surface area (TPSA) is 65.0 Å². The van der Waals surface area contributed by atoms with E-state index in [0.29, 0.717) is 17.5 Å². The highest BCUT2D eigenvalue weighted by Gasteiger charge is 2.24. The van der Waals surface area contributed by atoms with Crippen LogP contribution < -0.4 is 0 Å². The maximum atomic E-state index is 6.65. The van der Waals surface area contributed by atoms with Gasteiger partial charge in [-0.3, -0.25) is 0 Å². The molecule has 7 aromatic carbocycles. The minimum atomic E-state index is 0.597. The Hall–Kier alpha value is -6.07. The van der Waals surface area contributed by atoms with Crippen LogP contribution in [0.15, 0.2) is 136 Å². The molecule has 0 bridgehead atoms. The molecule has 0 spiro atoms. The van der Waals surface area contributed by atoms with Gasteiger partial charge >= 0.3 is 0 Å². The average molecular weight is 564 g/mol. The van der Waals surface area contributed by atoms with Gasteiger partial charge in [-0.25, -0.2) is 15.0 Å². The Morgan fingerprint density at radius 3 is 1.52 bits per heavy atom. The fraction of sp³-hybridized carbons (Fsp3) is 0. The third-order valence-corrected chi connectivity index (χ3v) is 8.65. The van der Waals surface area contributed by atoms with Gasteiger partial charge in [0.25, 0.3) is 0 Å². The number of hydrogen-bond donors (Lipinski definition) is 0. The van der Waals surface area contributed by atoms with E-state index in [-0.39, 0.29) is 0 Å². The van der Waals surface area contributed by atoms with Crippen molar-refractivity contribution >= 4 is 65.4 Å². The molecular weight excluding hydrogens is 542 g/mol. The Labute approximate surface area is 250 Å². The Kier molecular flexibility index (Phi) is 4.66. The highest BCUT2D eigenvalue weighted by atomic mass is 16.3. The molecule has 204 valence electrons. The van der Waals surface area contributed by atoms with E-state index in [0.717, 1.165) is 82.1 Å². The second kappa shape index (κ2) is 8.72. The van der Waals surface area contributed by atoms with Crippen molar-refractivity contribution in [3.05, 3.63) is 127 Å². The Bertz CT molecular complexity index is 2650. The van der Waals surface area contributed by atoms with Crippen molar-refractivity contribution in [1.82, 2.24) is 15.0 Å². The van der Waals surface area contributed by atoms with Gasteiger partial charge in [0.15, 0.2) is 17.5 Å². The zero-order valence-corrected chi connectivity index (χ0v) is 23.3. The minimum Gasteiger partial charge on any atom is -0.456 e. The maximum Gasteiger partial charge on any atom is 0.164 e. The van der Waals surface area contributed by atoms with Crippen LogP contribution in [0.25, 0.3) is 99.6 Å². The lowest BCUT2D eigenvalue weighted by atomic mass is 9.91. The monoisotopic (exact) mass is 563 g/mol. The number of rotatable bonds is 3. The molecule has 0 aliphatic heterocycles. The molecule has 5 nitrogen and oxygen atoms in total. The van der Waals surface area contributed by atoms with Gasteiger partial charge in [-0.2, -0.15) is 0 Å². The van der Waals surface area contributed by atoms with Gasteiger partial charge in [0.2, 0.25) is 0 Å². The predicted octanol–water partition coefficient (Wildman–Crippen LogP) is 10.4. The maximum absolute atomic E-state index is 6.65. The van der Waals surface area contributed by atoms with Crippen LogP contribution in [0, 0.1) is 0 Å². The summed E-state index contributed by atoms with van der Waals surface area (Å²) >= 11 is 0. The molecule has 0 aliphatic rings. The number of aromatic nitrogens is 3. The minimum absolute atomic E-state index is 0.597. The molecule has 3 aromatic heterocycles. The van der Waals surface area contributed by atoms with E-state index in [1.54, 1.807) is 0 Å². The van der Waals surface area contributed by atoms with E-state index < -0.39 is 0 Å². The van der Waals surface area contributed by atoms with Crippen LogP contribution in [0.4, 0.5) is 0 Å². The van der Waals surface area contributed by atoms with E-state index in [2.05, 4.69) is 48.5 Å². The lowest BCUT2D eigenvalue weighted by Crippen LogP contribution is -2.00. The zero-order valence-electron chi connectivity index (χ0n) is 23.3. The Morgan fingerprint density at radius 2 is 0.818 bits per heavy atom. The molecule has 0 atom stereocenters. The van der Waals surface area contributed by atoms with E-state index in [1.165, 1.54) is 0 Å². The summed E-state index contributed by atoms with van der Waals surface area (Å²) in [5.41, 5.74) is 6.04. The number of nitrogens with zero attached hydrogens (tertiary/aromatic N) is 3. The number of fused-ring (bicyclic) bond motifs is 7. The normalized spacial score (nSPS) is 12.1. The first kappa shape index (κ1) is 23.5. The van der Waals surface area contributed by atoms with Crippen LogP contribution in [-0.4, -0.2) is 15.0 Å². The van der Waals surface area contributed by atoms with Gasteiger partial charge in [-0.1, -0.05) is 103 Å². The predicted molar refractivity (Wildman–Crippen MR) is 177 cm³/mol. The van der Waals surface area contributed by atoms with Gasteiger partial charge in [-0.15, -0.1) is 0 Å². The van der Waals surface area contributed by atoms with Crippen molar-refractivity contribution in [2.45, 2.75) is 0 Å². The quantitative estimate of drug-likeness (QED) is 0.200. The third-order valence-electron chi connectivity index (χ3n) is 8.65. The van der Waals surface area contributed by atoms with Crippen molar-refractivity contribution in [3.63, 3.8) is 0 Å². The number of benzene rings is 7. The van der Waals surface area contributed by atoms with Gasteiger partial charge < -0.3 is 8.83 Å². The van der Waals surface area contributed by atoms with E-state index >= 15 is 0 Å². The first-order valence-electron chi connectivity index (χ1n) is 14.6. The van der Waals surface area contributed by atoms with E-state index in [4.69, 9.17) is 23.8 Å². The summed E-state index contributed by atoms with van der Waals surface area (Å²) in [6, 6.07) is 43.2. The molecule has 44 heavy (non-hydrogen) atoms. The number of hydrogen-bond acceptors (Lipinski definition) is 5. The lowest BCUT2D eigenvalue weighted by molar-refractivity contribution is 0.656. The van der Waals surface area contributed by atoms with Crippen LogP contribution >= 0.6 is 0 Å². The van der Waals surface area contributed by atoms with Crippen molar-refractivity contribution in [2.75, 3.05) is 0 Å². The summed E-state index contributed by atoms with van der Waals surface area (Å²) in [5, 5.41) is 9.02. The zero-order chi connectivity index (χ0) is 28.8. The summed E-state index contributed by atoms with van der Waals surface area (Å²) < 4.78 is 13.0. The molecule has 0 amide bonds. The largest absolute Gasteiger partial charge is 0.456 e. The van der Waals surface area contributed by atoms with Crippen molar-refractivity contribution in [1.29, 1.82) is 0 Å². The summed E-state index contributed by atoms with van der Waals surface area (Å²) in [4.78, 5) is 14.9. The molecule has 0 aliphatic carbocycles. The molecular formula is C39H21N3O2. The van der Waals surface area contributed by atoms with Crippen LogP contribution in [0.5, 0.6) is 0 Å². The SMILES string of the molecule is c1ccc(-c2nc(-c3ccccc3)nc(-c3cc4oc5cc6oc7ccccc7c6c6c7ccccc7c(c3)c4c56)n2)cc1. The summed E-state index contributed by atoms with van der Waals surface area (Å²) in [7, 11) is 0. The molecule has 3 heterocycles. The summed E-state index contributed by atoms with van der Waals surface area (Å²) in [6.07, 6.45) is 0. The van der Waals surface area contributed by atoms with Crippen LogP contribution in [0.1, 0.15) is 0 Å². The van der Waals surface area contributed by atoms with Gasteiger partial charge in [0.05, 0.1) is 0 Å². The van der Waals surface area contributed by atoms with E-state index in [9.17, 15) is 0 Å². The fourth-order valence-electron chi connectivity index (χ4n) is 6.75. The average Bonchev–Trinajstić information content (AvgIpc) is 3.65. The van der Waals surface area contributed by atoms with Gasteiger partial charge in [0.1, 0.15) is 22.3 Å². The molecule has 0 unspecified atom stereocenters.